The van der Waals surface area contributed by atoms with Crippen molar-refractivity contribution in [2.45, 2.75) is 32.6 Å². The van der Waals surface area contributed by atoms with Crippen molar-refractivity contribution in [3.8, 4) is 0 Å². The molecule has 0 spiro atoms. The van der Waals surface area contributed by atoms with Crippen LogP contribution in [-0.2, 0) is 14.9 Å². The number of unbranched alkanes of at least 4 members (excludes halogenated alkanes) is 2. The third kappa shape index (κ3) is 15.3. The van der Waals surface area contributed by atoms with Gasteiger partial charge < -0.3 is 6.16 Å². The number of hydrogen-bond acceptors (Lipinski definition) is 3. The molecule has 0 rings (SSSR count). The number of hydrogen-bond donors (Lipinski definition) is 1. The predicted molar refractivity (Wildman–Crippen MR) is 52.5 cm³/mol. The van der Waals surface area contributed by atoms with Gasteiger partial charge in [-0.3, -0.25) is 4.55 Å². The Morgan fingerprint density at radius 3 is 2.29 bits per heavy atom. The van der Waals surface area contributed by atoms with Crippen LogP contribution in [0.1, 0.15) is 34.0 Å². The molecule has 4 nitrogen and oxygen atoms in total. The summed E-state index contributed by atoms with van der Waals surface area (Å²) in [7, 11) is -3.78. The third-order valence-electron chi connectivity index (χ3n) is 1.58. The zero-order valence-corrected chi connectivity index (χ0v) is 11.8. The molecule has 0 saturated heterocycles. The summed E-state index contributed by atoms with van der Waals surface area (Å²) in [6.45, 7) is 3.40. The average Bonchev–Trinajstić information content (AvgIpc) is 2.01. The number of rotatable bonds is 8. The molecule has 0 aliphatic heterocycles. The summed E-state index contributed by atoms with van der Waals surface area (Å²) in [4.78, 5) is 0. The minimum Gasteiger partial charge on any atom is -1.00 e. The smallest absolute Gasteiger partial charge is 1.00 e. The SMILES string of the molecule is CCCCOCCCCS(=O)(=O)O.[H-].[Na+]. The maximum absolute atomic E-state index is 10.3. The molecule has 0 radical (unpaired) electrons. The Labute approximate surface area is 110 Å². The summed E-state index contributed by atoms with van der Waals surface area (Å²) in [5, 5.41) is 0. The van der Waals surface area contributed by atoms with E-state index in [1.165, 1.54) is 0 Å². The van der Waals surface area contributed by atoms with Gasteiger partial charge in [-0.2, -0.15) is 8.42 Å². The van der Waals surface area contributed by atoms with E-state index in [-0.39, 0.29) is 36.7 Å². The quantitative estimate of drug-likeness (QED) is 0.318. The predicted octanol–water partition coefficient (Wildman–Crippen LogP) is -1.41. The van der Waals surface area contributed by atoms with Crippen LogP contribution < -0.4 is 29.6 Å². The van der Waals surface area contributed by atoms with Gasteiger partial charge in [0.25, 0.3) is 10.1 Å². The zero-order valence-electron chi connectivity index (χ0n) is 10.0. The third-order valence-corrected chi connectivity index (χ3v) is 2.39. The summed E-state index contributed by atoms with van der Waals surface area (Å²) in [5.41, 5.74) is 0. The Kier molecular flexibility index (Phi) is 12.8. The molecule has 82 valence electrons. The summed E-state index contributed by atoms with van der Waals surface area (Å²) < 4.78 is 34.2. The van der Waals surface area contributed by atoms with E-state index in [1.54, 1.807) is 0 Å². The molecule has 0 unspecified atom stereocenters. The first-order valence-corrected chi connectivity index (χ1v) is 6.20. The molecule has 1 N–H and O–H groups in total. The molecule has 0 heterocycles. The summed E-state index contributed by atoms with van der Waals surface area (Å²) in [6, 6.07) is 0. The summed E-state index contributed by atoms with van der Waals surface area (Å²) in [5.74, 6) is -0.163. The Morgan fingerprint density at radius 2 is 1.79 bits per heavy atom. The van der Waals surface area contributed by atoms with Crippen molar-refractivity contribution < 1.29 is 48.7 Å². The van der Waals surface area contributed by atoms with Crippen molar-refractivity contribution in [3.05, 3.63) is 0 Å². The fourth-order valence-corrected chi connectivity index (χ4v) is 1.41. The van der Waals surface area contributed by atoms with Crippen LogP contribution >= 0.6 is 0 Å². The first-order chi connectivity index (χ1) is 6.06. The van der Waals surface area contributed by atoms with E-state index in [1.807, 2.05) is 0 Å². The van der Waals surface area contributed by atoms with Gasteiger partial charge in [-0.15, -0.1) is 0 Å². The van der Waals surface area contributed by atoms with Crippen LogP contribution in [0.25, 0.3) is 0 Å². The van der Waals surface area contributed by atoms with Gasteiger partial charge in [0.1, 0.15) is 0 Å². The first-order valence-electron chi connectivity index (χ1n) is 4.59. The van der Waals surface area contributed by atoms with Crippen LogP contribution in [0.15, 0.2) is 0 Å². The maximum atomic E-state index is 10.3. The van der Waals surface area contributed by atoms with Gasteiger partial charge >= 0.3 is 29.6 Å². The van der Waals surface area contributed by atoms with Gasteiger partial charge in [0.2, 0.25) is 0 Å². The van der Waals surface area contributed by atoms with Gasteiger partial charge in [-0.25, -0.2) is 0 Å². The van der Waals surface area contributed by atoms with E-state index in [0.29, 0.717) is 19.4 Å². The van der Waals surface area contributed by atoms with Crippen molar-refractivity contribution in [1.29, 1.82) is 0 Å². The Bertz CT molecular complexity index is 209. The molecule has 0 aromatic carbocycles. The van der Waals surface area contributed by atoms with Gasteiger partial charge in [0.05, 0.1) is 5.75 Å². The second kappa shape index (κ2) is 10.4. The first kappa shape index (κ1) is 17.3. The maximum Gasteiger partial charge on any atom is 1.00 e. The summed E-state index contributed by atoms with van der Waals surface area (Å²) in [6.07, 6.45) is 3.29. The van der Waals surface area contributed by atoms with Gasteiger partial charge in [-0.05, 0) is 19.3 Å². The summed E-state index contributed by atoms with van der Waals surface area (Å²) >= 11 is 0. The van der Waals surface area contributed by atoms with Crippen molar-refractivity contribution >= 4 is 10.1 Å². The molecular weight excluding hydrogens is 215 g/mol. The fraction of sp³-hybridized carbons (Fsp3) is 1.00. The Balaban J connectivity index is -0.000000720. The van der Waals surface area contributed by atoms with Crippen molar-refractivity contribution in [3.63, 3.8) is 0 Å². The largest absolute Gasteiger partial charge is 1.00 e. The molecule has 0 bridgehead atoms. The topological polar surface area (TPSA) is 63.6 Å². The van der Waals surface area contributed by atoms with E-state index in [9.17, 15) is 8.42 Å². The second-order valence-corrected chi connectivity index (χ2v) is 4.53. The molecule has 0 aliphatic carbocycles. The van der Waals surface area contributed by atoms with Crippen molar-refractivity contribution in [2.75, 3.05) is 19.0 Å². The van der Waals surface area contributed by atoms with Crippen LogP contribution in [0.3, 0.4) is 0 Å². The van der Waals surface area contributed by atoms with E-state index < -0.39 is 10.1 Å². The minimum atomic E-state index is -3.78. The van der Waals surface area contributed by atoms with Crippen LogP contribution in [0.5, 0.6) is 0 Å². The minimum absolute atomic E-state index is 0. The van der Waals surface area contributed by atoms with Gasteiger partial charge in [0, 0.05) is 13.2 Å². The molecule has 6 heteroatoms. The van der Waals surface area contributed by atoms with Crippen LogP contribution in [0.2, 0.25) is 0 Å². The molecule has 0 fully saturated rings. The fourth-order valence-electron chi connectivity index (χ4n) is 0.837. The van der Waals surface area contributed by atoms with Gasteiger partial charge in [0.15, 0.2) is 0 Å². The van der Waals surface area contributed by atoms with Crippen molar-refractivity contribution in [2.24, 2.45) is 0 Å². The molecule has 0 atom stereocenters. The van der Waals surface area contributed by atoms with Crippen LogP contribution in [0, 0.1) is 0 Å². The molecule has 0 amide bonds. The van der Waals surface area contributed by atoms with Gasteiger partial charge in [-0.1, -0.05) is 13.3 Å². The normalized spacial score (nSPS) is 11.0. The van der Waals surface area contributed by atoms with E-state index in [0.717, 1.165) is 19.4 Å². The molecule has 0 saturated carbocycles. The average molecular weight is 234 g/mol. The number of ether oxygens (including phenoxy) is 1. The molecule has 14 heavy (non-hydrogen) atoms. The van der Waals surface area contributed by atoms with E-state index >= 15 is 0 Å². The molecule has 0 aromatic rings. The van der Waals surface area contributed by atoms with E-state index in [4.69, 9.17) is 9.29 Å². The van der Waals surface area contributed by atoms with E-state index in [2.05, 4.69) is 6.92 Å². The Morgan fingerprint density at radius 1 is 1.21 bits per heavy atom. The Hall–Kier alpha value is 0.870. The monoisotopic (exact) mass is 234 g/mol. The molecule has 0 aromatic heterocycles. The van der Waals surface area contributed by atoms with Crippen LogP contribution in [-0.4, -0.2) is 31.9 Å². The van der Waals surface area contributed by atoms with Crippen molar-refractivity contribution in [1.82, 2.24) is 0 Å². The molecule has 0 aliphatic rings. The zero-order chi connectivity index (χ0) is 10.2. The molecular formula is C8H19NaO4S. The van der Waals surface area contributed by atoms with Crippen LogP contribution in [0.4, 0.5) is 0 Å². The second-order valence-electron chi connectivity index (χ2n) is 2.96. The standard InChI is InChI=1S/C8H18O4S.Na.H/c1-2-3-6-12-7-4-5-8-13(9,10)11;;/h2-8H2,1H3,(H,9,10,11);;/q;+1;-1.